The van der Waals surface area contributed by atoms with Gasteiger partial charge in [0.25, 0.3) is 0 Å². The summed E-state index contributed by atoms with van der Waals surface area (Å²) >= 11 is 3.05. The molecule has 17 heavy (non-hydrogen) atoms. The number of nitrogen functional groups attached to an aromatic ring is 1. The second-order valence-electron chi connectivity index (χ2n) is 3.58. The van der Waals surface area contributed by atoms with Crippen LogP contribution in [0.1, 0.15) is 5.56 Å². The lowest BCUT2D eigenvalue weighted by Gasteiger charge is -2.08. The number of hydrogen-bond donors (Lipinski definition) is 1. The predicted octanol–water partition coefficient (Wildman–Crippen LogP) is 3.67. The maximum absolute atomic E-state index is 13.3. The van der Waals surface area contributed by atoms with Crippen molar-refractivity contribution >= 4 is 21.6 Å². The van der Waals surface area contributed by atoms with Gasteiger partial charge >= 0.3 is 0 Å². The van der Waals surface area contributed by atoms with Gasteiger partial charge in [-0.25, -0.2) is 9.37 Å². The number of nitrogens with zero attached hydrogens (tertiary/aromatic N) is 1. The number of aromatic nitrogens is 1. The monoisotopic (exact) mass is 296 g/mol. The summed E-state index contributed by atoms with van der Waals surface area (Å²) in [5, 5.41) is 0. The van der Waals surface area contributed by atoms with Gasteiger partial charge in [0, 0.05) is 18.3 Å². The molecular weight excluding hydrogens is 287 g/mol. The minimum absolute atomic E-state index is 0.254. The largest absolute Gasteiger partial charge is 0.437 e. The SMILES string of the molecule is Cc1ccnc(Oc2cc(F)c(Br)cc2N)c1. The van der Waals surface area contributed by atoms with Gasteiger partial charge in [0.2, 0.25) is 5.88 Å². The Morgan fingerprint density at radius 1 is 1.35 bits per heavy atom. The molecule has 1 heterocycles. The lowest BCUT2D eigenvalue weighted by Crippen LogP contribution is -1.95. The van der Waals surface area contributed by atoms with Gasteiger partial charge in [-0.15, -0.1) is 0 Å². The second-order valence-corrected chi connectivity index (χ2v) is 4.43. The van der Waals surface area contributed by atoms with Crippen molar-refractivity contribution in [2.45, 2.75) is 6.92 Å². The zero-order valence-corrected chi connectivity index (χ0v) is 10.7. The van der Waals surface area contributed by atoms with E-state index in [0.717, 1.165) is 5.56 Å². The predicted molar refractivity (Wildman–Crippen MR) is 67.6 cm³/mol. The topological polar surface area (TPSA) is 48.1 Å². The van der Waals surface area contributed by atoms with Crippen LogP contribution in [-0.2, 0) is 0 Å². The third kappa shape index (κ3) is 2.74. The van der Waals surface area contributed by atoms with Gasteiger partial charge in [-0.05, 0) is 40.5 Å². The van der Waals surface area contributed by atoms with Crippen LogP contribution in [0.4, 0.5) is 10.1 Å². The smallest absolute Gasteiger partial charge is 0.219 e. The number of ether oxygens (including phenoxy) is 1. The van der Waals surface area contributed by atoms with Crippen molar-refractivity contribution in [1.29, 1.82) is 0 Å². The van der Waals surface area contributed by atoms with Gasteiger partial charge < -0.3 is 10.5 Å². The summed E-state index contributed by atoms with van der Waals surface area (Å²) in [6.07, 6.45) is 1.62. The van der Waals surface area contributed by atoms with Crippen molar-refractivity contribution in [3.63, 3.8) is 0 Å². The van der Waals surface area contributed by atoms with Gasteiger partial charge in [-0.3, -0.25) is 0 Å². The third-order valence-corrected chi connectivity index (χ3v) is 2.77. The lowest BCUT2D eigenvalue weighted by atomic mass is 10.3. The Hall–Kier alpha value is -1.62. The summed E-state index contributed by atoms with van der Waals surface area (Å²) in [6, 6.07) is 6.28. The van der Waals surface area contributed by atoms with Crippen LogP contribution >= 0.6 is 15.9 Å². The summed E-state index contributed by atoms with van der Waals surface area (Å²) in [4.78, 5) is 4.02. The first-order valence-corrected chi connectivity index (χ1v) is 5.70. The Labute approximate surface area is 107 Å². The number of benzene rings is 1. The number of halogens is 2. The van der Waals surface area contributed by atoms with Crippen LogP contribution in [0, 0.1) is 12.7 Å². The van der Waals surface area contributed by atoms with Crippen molar-refractivity contribution in [2.75, 3.05) is 5.73 Å². The number of rotatable bonds is 2. The molecule has 3 nitrogen and oxygen atoms in total. The summed E-state index contributed by atoms with van der Waals surface area (Å²) in [5.74, 6) is 0.212. The highest BCUT2D eigenvalue weighted by Crippen LogP contribution is 2.31. The Kier molecular flexibility index (Phi) is 3.28. The number of aryl methyl sites for hydroxylation is 1. The lowest BCUT2D eigenvalue weighted by molar-refractivity contribution is 0.459. The summed E-state index contributed by atoms with van der Waals surface area (Å²) in [5.41, 5.74) is 7.08. The van der Waals surface area contributed by atoms with Crippen molar-refractivity contribution in [1.82, 2.24) is 4.98 Å². The van der Waals surface area contributed by atoms with E-state index in [2.05, 4.69) is 20.9 Å². The molecule has 1 aromatic carbocycles. The highest BCUT2D eigenvalue weighted by atomic mass is 79.9. The van der Waals surface area contributed by atoms with Crippen LogP contribution in [0.3, 0.4) is 0 Å². The van der Waals surface area contributed by atoms with Gasteiger partial charge in [0.05, 0.1) is 10.2 Å². The molecule has 2 N–H and O–H groups in total. The molecule has 88 valence electrons. The van der Waals surface area contributed by atoms with Gasteiger partial charge in [-0.2, -0.15) is 0 Å². The molecule has 0 fully saturated rings. The highest BCUT2D eigenvalue weighted by Gasteiger charge is 2.08. The van der Waals surface area contributed by atoms with E-state index in [1.807, 2.05) is 13.0 Å². The normalized spacial score (nSPS) is 10.3. The molecule has 0 amide bonds. The van der Waals surface area contributed by atoms with Crippen molar-refractivity contribution < 1.29 is 9.13 Å². The van der Waals surface area contributed by atoms with Crippen molar-refractivity contribution in [3.05, 3.63) is 46.3 Å². The first-order valence-electron chi connectivity index (χ1n) is 4.91. The molecule has 0 unspecified atom stereocenters. The standard InChI is InChI=1S/C12H10BrFN2O/c1-7-2-3-16-12(4-7)17-11-6-9(14)8(13)5-10(11)15/h2-6H,15H2,1H3. The molecule has 5 heteroatoms. The van der Waals surface area contributed by atoms with E-state index in [1.165, 1.54) is 12.1 Å². The maximum atomic E-state index is 13.3. The van der Waals surface area contributed by atoms with E-state index in [4.69, 9.17) is 10.5 Å². The summed E-state index contributed by atoms with van der Waals surface area (Å²) < 4.78 is 19.1. The minimum atomic E-state index is -0.429. The van der Waals surface area contributed by atoms with Gasteiger partial charge in [0.1, 0.15) is 5.82 Å². The fraction of sp³-hybridized carbons (Fsp3) is 0.0833. The Morgan fingerprint density at radius 3 is 2.82 bits per heavy atom. The number of anilines is 1. The van der Waals surface area contributed by atoms with E-state index < -0.39 is 5.82 Å². The molecule has 0 aliphatic heterocycles. The Balaban J connectivity index is 2.33. The number of hydrogen-bond acceptors (Lipinski definition) is 3. The van der Waals surface area contributed by atoms with Crippen LogP contribution in [0.2, 0.25) is 0 Å². The molecule has 2 aromatic rings. The van der Waals surface area contributed by atoms with Crippen LogP contribution in [0.5, 0.6) is 11.6 Å². The minimum Gasteiger partial charge on any atom is -0.437 e. The molecule has 0 radical (unpaired) electrons. The quantitative estimate of drug-likeness (QED) is 0.860. The molecule has 2 rings (SSSR count). The van der Waals surface area contributed by atoms with Crippen LogP contribution in [0.15, 0.2) is 34.9 Å². The van der Waals surface area contributed by atoms with E-state index >= 15 is 0 Å². The van der Waals surface area contributed by atoms with E-state index in [-0.39, 0.29) is 5.75 Å². The Bertz CT molecular complexity index is 560. The fourth-order valence-corrected chi connectivity index (χ4v) is 1.67. The molecule has 0 spiro atoms. The molecule has 0 aliphatic carbocycles. The van der Waals surface area contributed by atoms with Gasteiger partial charge in [0.15, 0.2) is 5.75 Å². The van der Waals surface area contributed by atoms with Crippen LogP contribution < -0.4 is 10.5 Å². The first kappa shape index (κ1) is 11.9. The number of pyridine rings is 1. The van der Waals surface area contributed by atoms with Crippen molar-refractivity contribution in [3.8, 4) is 11.6 Å². The molecule has 0 bridgehead atoms. The van der Waals surface area contributed by atoms with Gasteiger partial charge in [-0.1, -0.05) is 0 Å². The van der Waals surface area contributed by atoms with Crippen LogP contribution in [0.25, 0.3) is 0 Å². The maximum Gasteiger partial charge on any atom is 0.219 e. The average molecular weight is 297 g/mol. The Morgan fingerprint density at radius 2 is 2.12 bits per heavy atom. The molecule has 0 aliphatic rings. The summed E-state index contributed by atoms with van der Waals surface area (Å²) in [7, 11) is 0. The number of nitrogens with two attached hydrogens (primary N) is 1. The van der Waals surface area contributed by atoms with E-state index in [0.29, 0.717) is 16.0 Å². The first-order chi connectivity index (χ1) is 8.06. The van der Waals surface area contributed by atoms with E-state index in [1.54, 1.807) is 12.3 Å². The molecular formula is C12H10BrFN2O. The zero-order valence-electron chi connectivity index (χ0n) is 9.08. The molecule has 0 atom stereocenters. The summed E-state index contributed by atoms with van der Waals surface area (Å²) in [6.45, 7) is 1.92. The van der Waals surface area contributed by atoms with E-state index in [9.17, 15) is 4.39 Å². The average Bonchev–Trinajstić information content (AvgIpc) is 2.26. The molecule has 1 aromatic heterocycles. The second kappa shape index (κ2) is 4.71. The highest BCUT2D eigenvalue weighted by molar-refractivity contribution is 9.10. The molecule has 0 saturated heterocycles. The fourth-order valence-electron chi connectivity index (χ4n) is 1.31. The third-order valence-electron chi connectivity index (χ3n) is 2.16. The van der Waals surface area contributed by atoms with Crippen molar-refractivity contribution in [2.24, 2.45) is 0 Å². The van der Waals surface area contributed by atoms with Crippen LogP contribution in [-0.4, -0.2) is 4.98 Å². The zero-order chi connectivity index (χ0) is 12.4. The molecule has 0 saturated carbocycles.